The standard InChI is InChI=1S/C23H25Cl2N7O3/c1-30-10-11-31(22(33)14-30)19-5-7-21(29-23(19)17-4-2-15(24)12-18(17)25)27-9-8-26-20-6-3-16(13-28-20)32(34)35/h2-7,12-13,32,34H,8-11,14H2,1H3,(H,26,28)(H,27,29). The maximum absolute atomic E-state index is 12.8. The van der Waals surface area contributed by atoms with E-state index in [9.17, 15) is 10.0 Å². The second kappa shape index (κ2) is 11.2. The molecule has 0 saturated carbocycles. The summed E-state index contributed by atoms with van der Waals surface area (Å²) in [5.41, 5.74) is 2.10. The number of piperazine rings is 1. The van der Waals surface area contributed by atoms with Gasteiger partial charge >= 0.3 is 0 Å². The van der Waals surface area contributed by atoms with E-state index in [-0.39, 0.29) is 11.6 Å². The van der Waals surface area contributed by atoms with Crippen molar-refractivity contribution in [2.75, 3.05) is 55.3 Å². The summed E-state index contributed by atoms with van der Waals surface area (Å²) in [5, 5.41) is 26.2. The van der Waals surface area contributed by atoms with E-state index in [2.05, 4.69) is 15.6 Å². The van der Waals surface area contributed by atoms with Crippen LogP contribution in [0.1, 0.15) is 0 Å². The topological polar surface area (TPSA) is 121 Å². The molecule has 4 rings (SSSR count). The quantitative estimate of drug-likeness (QED) is 0.265. The molecule has 1 aliphatic rings. The maximum Gasteiger partial charge on any atom is 0.241 e. The lowest BCUT2D eigenvalue weighted by atomic mass is 10.1. The zero-order valence-corrected chi connectivity index (χ0v) is 20.5. The molecule has 0 radical (unpaired) electrons. The van der Waals surface area contributed by atoms with Crippen molar-refractivity contribution < 1.29 is 15.2 Å². The third-order valence-corrected chi connectivity index (χ3v) is 6.06. The summed E-state index contributed by atoms with van der Waals surface area (Å²) < 4.78 is 0. The van der Waals surface area contributed by atoms with Gasteiger partial charge in [0.1, 0.15) is 11.6 Å². The normalized spacial score (nSPS) is 15.2. The van der Waals surface area contributed by atoms with Gasteiger partial charge < -0.3 is 20.7 Å². The number of pyridine rings is 2. The minimum absolute atomic E-state index is 0.00166. The molecule has 1 unspecified atom stereocenters. The number of quaternary nitrogens is 1. The van der Waals surface area contributed by atoms with Crippen molar-refractivity contribution in [2.45, 2.75) is 0 Å². The molecule has 3 aromatic rings. The van der Waals surface area contributed by atoms with Crippen molar-refractivity contribution in [1.82, 2.24) is 14.9 Å². The molecule has 1 aromatic carbocycles. The number of likely N-dealkylation sites (N-methyl/N-ethyl adjacent to an activating group) is 1. The monoisotopic (exact) mass is 517 g/mol. The Morgan fingerprint density at radius 3 is 2.49 bits per heavy atom. The average Bonchev–Trinajstić information content (AvgIpc) is 2.82. The first kappa shape index (κ1) is 25.1. The number of rotatable bonds is 8. The number of hydrogen-bond acceptors (Lipinski definition) is 8. The summed E-state index contributed by atoms with van der Waals surface area (Å²) in [5.74, 6) is 1.19. The number of aromatic nitrogens is 2. The molecular weight excluding hydrogens is 493 g/mol. The molecule has 0 aliphatic carbocycles. The van der Waals surface area contributed by atoms with Gasteiger partial charge in [-0.1, -0.05) is 23.2 Å². The maximum atomic E-state index is 12.8. The molecule has 35 heavy (non-hydrogen) atoms. The first-order valence-corrected chi connectivity index (χ1v) is 11.7. The number of anilines is 3. The highest BCUT2D eigenvalue weighted by molar-refractivity contribution is 6.36. The number of nitrogens with one attached hydrogen (secondary N) is 3. The van der Waals surface area contributed by atoms with E-state index in [4.69, 9.17) is 33.4 Å². The lowest BCUT2D eigenvalue weighted by molar-refractivity contribution is -0.991. The fourth-order valence-electron chi connectivity index (χ4n) is 3.70. The molecular formula is C23H25Cl2N7O3. The second-order valence-corrected chi connectivity index (χ2v) is 8.91. The largest absolute Gasteiger partial charge is 0.595 e. The number of carbonyl (C=O) groups excluding carboxylic acids is 1. The van der Waals surface area contributed by atoms with Gasteiger partial charge in [0, 0.05) is 42.8 Å². The molecule has 1 aliphatic heterocycles. The van der Waals surface area contributed by atoms with Crippen LogP contribution in [0.5, 0.6) is 0 Å². The summed E-state index contributed by atoms with van der Waals surface area (Å²) in [6.45, 7) is 2.69. The smallest absolute Gasteiger partial charge is 0.241 e. The number of benzene rings is 1. The Hall–Kier alpha value is -2.99. The van der Waals surface area contributed by atoms with Gasteiger partial charge in [0.15, 0.2) is 5.69 Å². The van der Waals surface area contributed by atoms with Crippen molar-refractivity contribution in [3.63, 3.8) is 0 Å². The van der Waals surface area contributed by atoms with Gasteiger partial charge in [0.05, 0.1) is 29.1 Å². The van der Waals surface area contributed by atoms with E-state index < -0.39 is 5.23 Å². The number of carbonyl (C=O) groups is 1. The summed E-state index contributed by atoms with van der Waals surface area (Å²) in [7, 11) is 1.92. The Morgan fingerprint density at radius 2 is 1.83 bits per heavy atom. The van der Waals surface area contributed by atoms with Crippen LogP contribution in [0.2, 0.25) is 10.0 Å². The van der Waals surface area contributed by atoms with E-state index in [0.29, 0.717) is 64.8 Å². The van der Waals surface area contributed by atoms with Gasteiger partial charge in [0.25, 0.3) is 0 Å². The molecule has 1 amide bonds. The van der Waals surface area contributed by atoms with Gasteiger partial charge in [-0.05, 0) is 43.4 Å². The number of amides is 1. The third-order valence-electron chi connectivity index (χ3n) is 5.51. The highest BCUT2D eigenvalue weighted by atomic mass is 35.5. The SMILES string of the molecule is CN1CCN(c2ccc(NCCNc3ccc([NH+]([O-])O)cn3)nc2-c2ccc(Cl)cc2Cl)C(=O)C1. The molecule has 2 aromatic heterocycles. The zero-order chi connectivity index (χ0) is 24.9. The van der Waals surface area contributed by atoms with E-state index in [1.54, 1.807) is 29.2 Å². The second-order valence-electron chi connectivity index (χ2n) is 8.06. The van der Waals surface area contributed by atoms with Crippen LogP contribution in [0.15, 0.2) is 48.7 Å². The lowest BCUT2D eigenvalue weighted by Gasteiger charge is -2.33. The Morgan fingerprint density at radius 1 is 1.09 bits per heavy atom. The van der Waals surface area contributed by atoms with Crippen LogP contribution in [0.4, 0.5) is 23.0 Å². The Kier molecular flexibility index (Phi) is 8.01. The Bertz CT molecular complexity index is 1190. The first-order valence-electron chi connectivity index (χ1n) is 10.9. The van der Waals surface area contributed by atoms with E-state index in [1.807, 2.05) is 24.1 Å². The minimum atomic E-state index is -1.02. The Balaban J connectivity index is 1.51. The number of hydrogen-bond donors (Lipinski definition) is 4. The number of halogens is 2. The van der Waals surface area contributed by atoms with E-state index >= 15 is 0 Å². The third kappa shape index (κ3) is 6.17. The predicted octanol–water partition coefficient (Wildman–Crippen LogP) is 2.66. The average molecular weight is 518 g/mol. The lowest BCUT2D eigenvalue weighted by Crippen LogP contribution is -2.99. The summed E-state index contributed by atoms with van der Waals surface area (Å²) in [4.78, 5) is 25.4. The van der Waals surface area contributed by atoms with Crippen molar-refractivity contribution >= 4 is 52.1 Å². The molecule has 0 spiro atoms. The van der Waals surface area contributed by atoms with Gasteiger partial charge in [-0.2, -0.15) is 5.23 Å². The molecule has 1 atom stereocenters. The first-order chi connectivity index (χ1) is 16.8. The molecule has 12 heteroatoms. The van der Waals surface area contributed by atoms with Crippen LogP contribution in [0.25, 0.3) is 11.3 Å². The van der Waals surface area contributed by atoms with Crippen LogP contribution >= 0.6 is 23.2 Å². The predicted molar refractivity (Wildman–Crippen MR) is 137 cm³/mol. The molecule has 10 nitrogen and oxygen atoms in total. The Labute approximate surface area is 212 Å². The minimum Gasteiger partial charge on any atom is -0.595 e. The fourth-order valence-corrected chi connectivity index (χ4v) is 4.20. The van der Waals surface area contributed by atoms with Crippen molar-refractivity contribution in [1.29, 1.82) is 0 Å². The molecule has 184 valence electrons. The van der Waals surface area contributed by atoms with Gasteiger partial charge in [-0.15, -0.1) is 0 Å². The highest BCUT2D eigenvalue weighted by Crippen LogP contribution is 2.36. The summed E-state index contributed by atoms with van der Waals surface area (Å²) >= 11 is 12.6. The van der Waals surface area contributed by atoms with Crippen LogP contribution in [-0.2, 0) is 4.79 Å². The molecule has 3 heterocycles. The van der Waals surface area contributed by atoms with Crippen LogP contribution in [0.3, 0.4) is 0 Å². The van der Waals surface area contributed by atoms with E-state index in [1.165, 1.54) is 12.3 Å². The summed E-state index contributed by atoms with van der Waals surface area (Å²) in [6, 6.07) is 12.0. The van der Waals surface area contributed by atoms with E-state index in [0.717, 1.165) is 6.54 Å². The van der Waals surface area contributed by atoms with Crippen molar-refractivity contribution in [3.05, 3.63) is 63.9 Å². The van der Waals surface area contributed by atoms with Crippen LogP contribution in [0, 0.1) is 5.21 Å². The molecule has 1 fully saturated rings. The zero-order valence-electron chi connectivity index (χ0n) is 19.0. The fraction of sp³-hybridized carbons (Fsp3) is 0.261. The molecule has 4 N–H and O–H groups in total. The molecule has 1 saturated heterocycles. The highest BCUT2D eigenvalue weighted by Gasteiger charge is 2.26. The molecule has 0 bridgehead atoms. The van der Waals surface area contributed by atoms with Crippen molar-refractivity contribution in [3.8, 4) is 11.3 Å². The van der Waals surface area contributed by atoms with Crippen LogP contribution < -0.4 is 20.8 Å². The van der Waals surface area contributed by atoms with Gasteiger partial charge in [-0.3, -0.25) is 9.69 Å². The summed E-state index contributed by atoms with van der Waals surface area (Å²) in [6.07, 6.45) is 1.31. The number of nitrogens with zero attached hydrogens (tertiary/aromatic N) is 4. The van der Waals surface area contributed by atoms with Gasteiger partial charge in [0.2, 0.25) is 5.91 Å². The van der Waals surface area contributed by atoms with Crippen molar-refractivity contribution in [2.24, 2.45) is 0 Å². The van der Waals surface area contributed by atoms with Gasteiger partial charge in [-0.25, -0.2) is 15.2 Å². The van der Waals surface area contributed by atoms with Crippen LogP contribution in [-0.4, -0.2) is 65.8 Å².